The lowest BCUT2D eigenvalue weighted by Crippen LogP contribution is -2.68. The second-order valence-electron chi connectivity index (χ2n) is 10.2. The molecule has 1 aliphatic heterocycles. The van der Waals surface area contributed by atoms with Crippen molar-refractivity contribution in [3.63, 3.8) is 0 Å². The van der Waals surface area contributed by atoms with Gasteiger partial charge in [-0.1, -0.05) is 58.3 Å². The van der Waals surface area contributed by atoms with Gasteiger partial charge in [0.1, 0.15) is 31.1 Å². The summed E-state index contributed by atoms with van der Waals surface area (Å²) in [6.07, 6.45) is 5.28. The van der Waals surface area contributed by atoms with E-state index in [4.69, 9.17) is 29.4 Å². The summed E-state index contributed by atoms with van der Waals surface area (Å²) in [7, 11) is 0. The third-order valence-corrected chi connectivity index (χ3v) is 6.49. The molecule has 0 aromatic heterocycles. The van der Waals surface area contributed by atoms with Gasteiger partial charge in [-0.25, -0.2) is 0 Å². The zero-order chi connectivity index (χ0) is 30.1. The average molecular weight is 573 g/mol. The molecule has 1 rings (SSSR count). The Balaban J connectivity index is 2.82. The normalized spacial score (nSPS) is 23.0. The number of carbonyl (C=O) groups is 5. The first kappa shape index (κ1) is 35.3. The van der Waals surface area contributed by atoms with Gasteiger partial charge in [0, 0.05) is 27.7 Å². The monoisotopic (exact) mass is 572 g/mol. The Morgan fingerprint density at radius 2 is 1.32 bits per heavy atom. The minimum atomic E-state index is -1.22. The van der Waals surface area contributed by atoms with Gasteiger partial charge < -0.3 is 34.7 Å². The summed E-state index contributed by atoms with van der Waals surface area (Å²) in [6, 6.07) is -1.10. The molecular formula is C28H48N2O10. The third-order valence-electron chi connectivity index (χ3n) is 6.49. The van der Waals surface area contributed by atoms with Crippen molar-refractivity contribution < 1.29 is 47.7 Å². The van der Waals surface area contributed by atoms with Crippen LogP contribution in [0, 0.1) is 0 Å². The lowest BCUT2D eigenvalue weighted by atomic mass is 9.95. The van der Waals surface area contributed by atoms with E-state index in [1.165, 1.54) is 46.0 Å². The Kier molecular flexibility index (Phi) is 17.1. The van der Waals surface area contributed by atoms with Crippen LogP contribution in [0.3, 0.4) is 0 Å². The van der Waals surface area contributed by atoms with Crippen LogP contribution < -0.4 is 11.1 Å². The summed E-state index contributed by atoms with van der Waals surface area (Å²) < 4.78 is 26.8. The number of carbonyl (C=O) groups excluding carboxylic acids is 5. The Bertz CT molecular complexity index is 821. The molecule has 1 aliphatic rings. The van der Waals surface area contributed by atoms with E-state index in [1.54, 1.807) is 0 Å². The van der Waals surface area contributed by atoms with Crippen LogP contribution in [0.4, 0.5) is 0 Å². The lowest BCUT2D eigenvalue weighted by Gasteiger charge is -2.44. The molecule has 0 bridgehead atoms. The van der Waals surface area contributed by atoms with Crippen LogP contribution in [0.25, 0.3) is 0 Å². The molecule has 0 spiro atoms. The van der Waals surface area contributed by atoms with Gasteiger partial charge in [-0.3, -0.25) is 24.0 Å². The summed E-state index contributed by atoms with van der Waals surface area (Å²) in [6.45, 7) is 6.69. The van der Waals surface area contributed by atoms with Gasteiger partial charge in [0.2, 0.25) is 5.91 Å². The lowest BCUT2D eigenvalue weighted by molar-refractivity contribution is -0.223. The summed E-state index contributed by atoms with van der Waals surface area (Å²) in [4.78, 5) is 59.8. The molecule has 1 fully saturated rings. The summed E-state index contributed by atoms with van der Waals surface area (Å²) in [5, 5.41) is 2.69. The molecule has 40 heavy (non-hydrogen) atoms. The van der Waals surface area contributed by atoms with E-state index in [2.05, 4.69) is 12.2 Å². The summed E-state index contributed by atoms with van der Waals surface area (Å²) in [5.74, 6) is -3.00. The summed E-state index contributed by atoms with van der Waals surface area (Å²) >= 11 is 0. The number of nitrogens with two attached hydrogens (primary N) is 1. The molecule has 230 valence electrons. The number of esters is 4. The van der Waals surface area contributed by atoms with Gasteiger partial charge in [-0.2, -0.15) is 0 Å². The third kappa shape index (κ3) is 14.6. The minimum Gasteiger partial charge on any atom is -0.463 e. The van der Waals surface area contributed by atoms with E-state index in [1.807, 2.05) is 0 Å². The maximum atomic E-state index is 13.0. The van der Waals surface area contributed by atoms with Crippen molar-refractivity contribution in [3.8, 4) is 0 Å². The van der Waals surface area contributed by atoms with Crippen LogP contribution in [0.15, 0.2) is 0 Å². The molecule has 6 atom stereocenters. The molecule has 12 heteroatoms. The highest BCUT2D eigenvalue weighted by Gasteiger charge is 2.49. The predicted molar refractivity (Wildman–Crippen MR) is 145 cm³/mol. The van der Waals surface area contributed by atoms with Crippen molar-refractivity contribution in [3.05, 3.63) is 0 Å². The van der Waals surface area contributed by atoms with Crippen molar-refractivity contribution in [2.24, 2.45) is 5.73 Å². The molecule has 1 amide bonds. The Morgan fingerprint density at radius 1 is 0.775 bits per heavy atom. The highest BCUT2D eigenvalue weighted by molar-refractivity contribution is 5.77. The zero-order valence-corrected chi connectivity index (χ0v) is 24.6. The Morgan fingerprint density at radius 3 is 1.85 bits per heavy atom. The second-order valence-corrected chi connectivity index (χ2v) is 10.2. The summed E-state index contributed by atoms with van der Waals surface area (Å²) in [5.41, 5.74) is 6.17. The molecule has 0 unspecified atom stereocenters. The van der Waals surface area contributed by atoms with Crippen molar-refractivity contribution in [1.29, 1.82) is 0 Å². The molecule has 0 radical (unpaired) electrons. The van der Waals surface area contributed by atoms with Crippen LogP contribution >= 0.6 is 0 Å². The maximum absolute atomic E-state index is 13.0. The first-order chi connectivity index (χ1) is 18.9. The van der Waals surface area contributed by atoms with Crippen molar-refractivity contribution in [2.45, 2.75) is 142 Å². The van der Waals surface area contributed by atoms with E-state index in [0.29, 0.717) is 6.42 Å². The number of amides is 1. The fourth-order valence-electron chi connectivity index (χ4n) is 4.70. The van der Waals surface area contributed by atoms with Gasteiger partial charge in [0.25, 0.3) is 0 Å². The van der Waals surface area contributed by atoms with Crippen LogP contribution in [-0.4, -0.2) is 73.1 Å². The molecular weight excluding hydrogens is 524 g/mol. The van der Waals surface area contributed by atoms with Crippen molar-refractivity contribution >= 4 is 29.8 Å². The molecule has 3 N–H and O–H groups in total. The fourth-order valence-corrected chi connectivity index (χ4v) is 4.70. The van der Waals surface area contributed by atoms with Crippen molar-refractivity contribution in [1.82, 2.24) is 5.32 Å². The van der Waals surface area contributed by atoms with Gasteiger partial charge in [0.05, 0.1) is 6.42 Å². The molecule has 0 aliphatic carbocycles. The van der Waals surface area contributed by atoms with E-state index < -0.39 is 66.5 Å². The van der Waals surface area contributed by atoms with Crippen LogP contribution in [-0.2, 0) is 47.7 Å². The smallest absolute Gasteiger partial charge is 0.303 e. The quantitative estimate of drug-likeness (QED) is 0.141. The maximum Gasteiger partial charge on any atom is 0.303 e. The number of ether oxygens (including phenoxy) is 5. The Labute approximate surface area is 237 Å². The van der Waals surface area contributed by atoms with E-state index in [0.717, 1.165) is 39.5 Å². The molecule has 0 saturated carbocycles. The Hall–Kier alpha value is -2.73. The molecule has 1 heterocycles. The first-order valence-electron chi connectivity index (χ1n) is 14.3. The number of nitrogens with one attached hydrogen (secondary N) is 1. The van der Waals surface area contributed by atoms with Gasteiger partial charge in [-0.05, 0) is 12.8 Å². The van der Waals surface area contributed by atoms with E-state index in [-0.39, 0.29) is 13.0 Å². The first-order valence-corrected chi connectivity index (χ1v) is 14.3. The minimum absolute atomic E-state index is 0.137. The van der Waals surface area contributed by atoms with Crippen LogP contribution in [0.2, 0.25) is 0 Å². The average Bonchev–Trinajstić information content (AvgIpc) is 2.84. The van der Waals surface area contributed by atoms with Gasteiger partial charge >= 0.3 is 23.9 Å². The number of hydrogen-bond donors (Lipinski definition) is 2. The molecule has 12 nitrogen and oxygen atoms in total. The zero-order valence-electron chi connectivity index (χ0n) is 24.6. The number of unbranched alkanes of at least 4 members (excludes halogenated alkanes) is 8. The molecule has 0 aromatic rings. The molecule has 1 saturated heterocycles. The topological polar surface area (TPSA) is 170 Å². The van der Waals surface area contributed by atoms with Gasteiger partial charge in [0.15, 0.2) is 12.2 Å². The highest BCUT2D eigenvalue weighted by Crippen LogP contribution is 2.26. The van der Waals surface area contributed by atoms with Crippen LogP contribution in [0.5, 0.6) is 0 Å². The number of rotatable bonds is 18. The molecule has 0 aromatic carbocycles. The SMILES string of the molecule is CCCCCCCCCCC[C@H](CC(=O)N[C@@H]1[C@@H](OC(C)=O)[C@H](OC(C)=O)[C@@H](COC(C)=O)O[C@H]1N)OC(C)=O. The van der Waals surface area contributed by atoms with E-state index in [9.17, 15) is 24.0 Å². The fraction of sp³-hybridized carbons (Fsp3) is 0.821. The number of hydrogen-bond acceptors (Lipinski definition) is 11. The largest absolute Gasteiger partial charge is 0.463 e. The van der Waals surface area contributed by atoms with E-state index >= 15 is 0 Å². The van der Waals surface area contributed by atoms with Gasteiger partial charge in [-0.15, -0.1) is 0 Å². The second kappa shape index (κ2) is 19.4. The van der Waals surface area contributed by atoms with Crippen LogP contribution in [0.1, 0.15) is 105 Å². The van der Waals surface area contributed by atoms with Crippen molar-refractivity contribution in [2.75, 3.05) is 6.61 Å². The predicted octanol–water partition coefficient (Wildman–Crippen LogP) is 2.82. The highest BCUT2D eigenvalue weighted by atomic mass is 16.6. The standard InChI is InChI=1S/C28H48N2O10/c1-6-7-8-9-10-11-12-13-14-15-22(37-19(3)32)16-24(35)30-25-27(39-21(5)34)26(38-20(4)33)23(40-28(25)29)17-36-18(2)31/h22-23,25-28H,6-17,29H2,1-5H3,(H,30,35)/t22-,23-,25-,26-,27-,28-/m1/s1.